The van der Waals surface area contributed by atoms with E-state index >= 15 is 0 Å². The highest BCUT2D eigenvalue weighted by Crippen LogP contribution is 2.31. The van der Waals surface area contributed by atoms with Gasteiger partial charge in [0.05, 0.1) is 9.79 Å². The number of hydrogen-bond acceptors (Lipinski definition) is 4. The maximum absolute atomic E-state index is 12.6. The van der Waals surface area contributed by atoms with Crippen LogP contribution in [0.15, 0.2) is 40.1 Å². The first-order valence-corrected chi connectivity index (χ1v) is 7.56. The number of benzene rings is 2. The Labute approximate surface area is 118 Å². The van der Waals surface area contributed by atoms with Crippen LogP contribution in [0.3, 0.4) is 0 Å². The van der Waals surface area contributed by atoms with Crippen LogP contribution >= 0.6 is 0 Å². The molecule has 2 rings (SSSR count). The monoisotopic (exact) mass is 292 g/mol. The molecular weight excluding hydrogens is 276 g/mol. The van der Waals surface area contributed by atoms with Gasteiger partial charge in [0.25, 0.3) is 0 Å². The number of sulfone groups is 1. The second-order valence-corrected chi connectivity index (χ2v) is 6.78. The number of phenols is 2. The van der Waals surface area contributed by atoms with E-state index in [9.17, 15) is 18.6 Å². The molecule has 0 bridgehead atoms. The molecule has 4 nitrogen and oxygen atoms in total. The Bertz CT molecular complexity index is 753. The summed E-state index contributed by atoms with van der Waals surface area (Å²) in [5.41, 5.74) is 1.56. The van der Waals surface area contributed by atoms with Crippen molar-refractivity contribution < 1.29 is 18.6 Å². The first-order valence-electron chi connectivity index (χ1n) is 6.08. The van der Waals surface area contributed by atoms with Crippen LogP contribution in [0.2, 0.25) is 0 Å². The van der Waals surface area contributed by atoms with Crippen molar-refractivity contribution in [3.8, 4) is 11.5 Å². The zero-order valence-corrected chi connectivity index (χ0v) is 12.3. The molecule has 0 fully saturated rings. The van der Waals surface area contributed by atoms with Crippen LogP contribution < -0.4 is 0 Å². The van der Waals surface area contributed by atoms with Gasteiger partial charge in [0, 0.05) is 0 Å². The molecule has 0 aromatic heterocycles. The van der Waals surface area contributed by atoms with Gasteiger partial charge in [-0.1, -0.05) is 6.07 Å². The standard InChI is InChI=1S/C15H16O4S/c1-9-4-5-12(16)8-14(9)20(18,19)13-6-10(2)15(17)11(3)7-13/h4-8,16-17H,1-3H3. The molecule has 2 aromatic carbocycles. The predicted octanol–water partition coefficient (Wildman–Crippen LogP) is 2.86. The lowest BCUT2D eigenvalue weighted by Crippen LogP contribution is -2.05. The molecule has 0 aliphatic carbocycles. The van der Waals surface area contributed by atoms with Gasteiger partial charge in [-0.15, -0.1) is 0 Å². The first-order chi connectivity index (χ1) is 9.23. The molecule has 2 N–H and O–H groups in total. The van der Waals surface area contributed by atoms with E-state index in [-0.39, 0.29) is 21.3 Å². The molecule has 0 aliphatic heterocycles. The summed E-state index contributed by atoms with van der Waals surface area (Å²) in [5.74, 6) is -0.00187. The van der Waals surface area contributed by atoms with Gasteiger partial charge in [-0.05, 0) is 61.7 Å². The average Bonchev–Trinajstić information content (AvgIpc) is 2.38. The van der Waals surface area contributed by atoms with Gasteiger partial charge < -0.3 is 10.2 Å². The van der Waals surface area contributed by atoms with E-state index in [4.69, 9.17) is 0 Å². The predicted molar refractivity (Wildman–Crippen MR) is 75.9 cm³/mol. The Balaban J connectivity index is 2.70. The normalized spacial score (nSPS) is 11.6. The Morgan fingerprint density at radius 1 is 0.850 bits per heavy atom. The third kappa shape index (κ3) is 2.36. The summed E-state index contributed by atoms with van der Waals surface area (Å²) in [6.45, 7) is 4.97. The van der Waals surface area contributed by atoms with E-state index < -0.39 is 9.84 Å². The van der Waals surface area contributed by atoms with Gasteiger partial charge >= 0.3 is 0 Å². The zero-order chi connectivity index (χ0) is 15.1. The van der Waals surface area contributed by atoms with E-state index in [1.165, 1.54) is 24.3 Å². The van der Waals surface area contributed by atoms with Crippen molar-refractivity contribution in [2.75, 3.05) is 0 Å². The van der Waals surface area contributed by atoms with Gasteiger partial charge in [-0.2, -0.15) is 0 Å². The van der Waals surface area contributed by atoms with Crippen molar-refractivity contribution in [2.24, 2.45) is 0 Å². The van der Waals surface area contributed by atoms with Crippen molar-refractivity contribution in [1.29, 1.82) is 0 Å². The Kier molecular flexibility index (Phi) is 3.48. The number of aryl methyl sites for hydroxylation is 3. The average molecular weight is 292 g/mol. The Morgan fingerprint density at radius 2 is 1.40 bits per heavy atom. The number of aromatic hydroxyl groups is 2. The van der Waals surface area contributed by atoms with Gasteiger partial charge in [0.2, 0.25) is 9.84 Å². The Morgan fingerprint density at radius 3 is 1.95 bits per heavy atom. The van der Waals surface area contributed by atoms with E-state index in [2.05, 4.69) is 0 Å². The van der Waals surface area contributed by atoms with Crippen molar-refractivity contribution >= 4 is 9.84 Å². The van der Waals surface area contributed by atoms with Gasteiger partial charge in [0.1, 0.15) is 11.5 Å². The molecule has 0 spiro atoms. The van der Waals surface area contributed by atoms with Gasteiger partial charge in [-0.3, -0.25) is 0 Å². The fourth-order valence-corrected chi connectivity index (χ4v) is 3.76. The summed E-state index contributed by atoms with van der Waals surface area (Å²) in [6, 6.07) is 7.11. The quantitative estimate of drug-likeness (QED) is 0.892. The summed E-state index contributed by atoms with van der Waals surface area (Å²) in [4.78, 5) is 0.181. The second kappa shape index (κ2) is 4.83. The SMILES string of the molecule is Cc1ccc(O)cc1S(=O)(=O)c1cc(C)c(O)c(C)c1. The van der Waals surface area contributed by atoms with E-state index in [0.29, 0.717) is 16.7 Å². The van der Waals surface area contributed by atoms with Crippen molar-refractivity contribution in [2.45, 2.75) is 30.6 Å². The molecule has 106 valence electrons. The summed E-state index contributed by atoms with van der Waals surface area (Å²) >= 11 is 0. The number of rotatable bonds is 2. The van der Waals surface area contributed by atoms with E-state index in [1.54, 1.807) is 26.8 Å². The Hall–Kier alpha value is -2.01. The van der Waals surface area contributed by atoms with E-state index in [0.717, 1.165) is 0 Å². The topological polar surface area (TPSA) is 74.6 Å². The molecule has 0 atom stereocenters. The van der Waals surface area contributed by atoms with Crippen LogP contribution in [0.1, 0.15) is 16.7 Å². The third-order valence-electron chi connectivity index (χ3n) is 3.24. The summed E-state index contributed by atoms with van der Waals surface area (Å²) in [5, 5.41) is 19.2. The van der Waals surface area contributed by atoms with Crippen LogP contribution in [0.5, 0.6) is 11.5 Å². The molecule has 20 heavy (non-hydrogen) atoms. The molecule has 0 saturated heterocycles. The highest BCUT2D eigenvalue weighted by molar-refractivity contribution is 7.91. The fourth-order valence-electron chi connectivity index (χ4n) is 2.08. The van der Waals surface area contributed by atoms with Crippen molar-refractivity contribution in [3.63, 3.8) is 0 Å². The fraction of sp³-hybridized carbons (Fsp3) is 0.200. The molecule has 0 heterocycles. The molecule has 0 aliphatic rings. The van der Waals surface area contributed by atoms with Crippen molar-refractivity contribution in [1.82, 2.24) is 0 Å². The maximum Gasteiger partial charge on any atom is 0.207 e. The van der Waals surface area contributed by atoms with Crippen LogP contribution in [0, 0.1) is 20.8 Å². The maximum atomic E-state index is 12.6. The minimum absolute atomic E-state index is 0.0713. The second-order valence-electron chi connectivity index (χ2n) is 4.86. The largest absolute Gasteiger partial charge is 0.508 e. The molecule has 2 aromatic rings. The van der Waals surface area contributed by atoms with E-state index in [1.807, 2.05) is 0 Å². The van der Waals surface area contributed by atoms with Gasteiger partial charge in [-0.25, -0.2) is 8.42 Å². The lowest BCUT2D eigenvalue weighted by Gasteiger charge is -2.11. The van der Waals surface area contributed by atoms with Crippen LogP contribution in [0.25, 0.3) is 0 Å². The highest BCUT2D eigenvalue weighted by Gasteiger charge is 2.22. The summed E-state index contributed by atoms with van der Waals surface area (Å²) in [7, 11) is -3.73. The molecular formula is C15H16O4S. The number of phenolic OH excluding ortho intramolecular Hbond substituents is 2. The molecule has 0 amide bonds. The number of hydrogen-bond donors (Lipinski definition) is 2. The van der Waals surface area contributed by atoms with Crippen LogP contribution in [0.4, 0.5) is 0 Å². The smallest absolute Gasteiger partial charge is 0.207 e. The summed E-state index contributed by atoms with van der Waals surface area (Å²) in [6.07, 6.45) is 0. The zero-order valence-electron chi connectivity index (χ0n) is 11.5. The molecule has 5 heteroatoms. The van der Waals surface area contributed by atoms with Gasteiger partial charge in [0.15, 0.2) is 0 Å². The first kappa shape index (κ1) is 14.4. The summed E-state index contributed by atoms with van der Waals surface area (Å²) < 4.78 is 25.3. The lowest BCUT2D eigenvalue weighted by atomic mass is 10.1. The highest BCUT2D eigenvalue weighted by atomic mass is 32.2. The van der Waals surface area contributed by atoms with Crippen LogP contribution in [-0.2, 0) is 9.84 Å². The molecule has 0 unspecified atom stereocenters. The van der Waals surface area contributed by atoms with Crippen LogP contribution in [-0.4, -0.2) is 18.6 Å². The molecule has 0 saturated carbocycles. The third-order valence-corrected chi connectivity index (χ3v) is 5.11. The van der Waals surface area contributed by atoms with Crippen molar-refractivity contribution in [3.05, 3.63) is 47.0 Å². The minimum Gasteiger partial charge on any atom is -0.508 e. The lowest BCUT2D eigenvalue weighted by molar-refractivity contribution is 0.466. The molecule has 0 radical (unpaired) electrons. The minimum atomic E-state index is -3.73.